The maximum absolute atomic E-state index is 5.93. The van der Waals surface area contributed by atoms with Crippen molar-refractivity contribution in [3.63, 3.8) is 0 Å². The molecule has 0 saturated heterocycles. The van der Waals surface area contributed by atoms with E-state index in [2.05, 4.69) is 21.2 Å². The minimum atomic E-state index is 0.401. The smallest absolute Gasteiger partial charge is 0.0549 e. The van der Waals surface area contributed by atoms with E-state index in [1.54, 1.807) is 0 Å². The number of halogens is 2. The Bertz CT molecular complexity index is 352. The van der Waals surface area contributed by atoms with Crippen LogP contribution in [0.5, 0.6) is 0 Å². The highest BCUT2D eigenvalue weighted by atomic mass is 79.9. The lowest BCUT2D eigenvalue weighted by Crippen LogP contribution is -2.30. The van der Waals surface area contributed by atoms with Crippen molar-refractivity contribution in [2.45, 2.75) is 18.9 Å². The van der Waals surface area contributed by atoms with Gasteiger partial charge in [-0.25, -0.2) is 0 Å². The SMILES string of the molecule is NCC(Nc1ccc(Cl)c(Br)c1)C1CC1. The van der Waals surface area contributed by atoms with Crippen LogP contribution >= 0.6 is 27.5 Å². The highest BCUT2D eigenvalue weighted by Crippen LogP contribution is 2.34. The Morgan fingerprint density at radius 3 is 2.80 bits per heavy atom. The van der Waals surface area contributed by atoms with Gasteiger partial charge in [-0.15, -0.1) is 0 Å². The highest BCUT2D eigenvalue weighted by Gasteiger charge is 2.30. The molecule has 0 aromatic heterocycles. The molecule has 0 heterocycles. The molecular formula is C11H14BrClN2. The Morgan fingerprint density at radius 2 is 2.27 bits per heavy atom. The quantitative estimate of drug-likeness (QED) is 0.893. The molecule has 4 heteroatoms. The third-order valence-corrected chi connectivity index (χ3v) is 3.93. The van der Waals surface area contributed by atoms with E-state index in [0.29, 0.717) is 12.6 Å². The fourth-order valence-electron chi connectivity index (χ4n) is 1.67. The second kappa shape index (κ2) is 4.73. The van der Waals surface area contributed by atoms with Crippen LogP contribution in [-0.4, -0.2) is 12.6 Å². The van der Waals surface area contributed by atoms with E-state index < -0.39 is 0 Å². The van der Waals surface area contributed by atoms with Crippen LogP contribution in [0, 0.1) is 5.92 Å². The van der Waals surface area contributed by atoms with Gasteiger partial charge in [0.25, 0.3) is 0 Å². The Morgan fingerprint density at radius 1 is 1.53 bits per heavy atom. The lowest BCUT2D eigenvalue weighted by atomic mass is 10.1. The first-order valence-corrected chi connectivity index (χ1v) is 6.29. The molecule has 1 aliphatic rings. The average molecular weight is 290 g/mol. The van der Waals surface area contributed by atoms with Crippen molar-refractivity contribution >= 4 is 33.2 Å². The van der Waals surface area contributed by atoms with Gasteiger partial charge in [-0.2, -0.15) is 0 Å². The first kappa shape index (κ1) is 11.2. The van der Waals surface area contributed by atoms with Gasteiger partial charge in [0, 0.05) is 22.7 Å². The van der Waals surface area contributed by atoms with E-state index in [0.717, 1.165) is 21.1 Å². The van der Waals surface area contributed by atoms with Crippen molar-refractivity contribution in [3.05, 3.63) is 27.7 Å². The molecule has 0 spiro atoms. The number of nitrogens with two attached hydrogens (primary N) is 1. The van der Waals surface area contributed by atoms with Crippen LogP contribution < -0.4 is 11.1 Å². The van der Waals surface area contributed by atoms with Crippen LogP contribution in [0.1, 0.15) is 12.8 Å². The van der Waals surface area contributed by atoms with E-state index in [4.69, 9.17) is 17.3 Å². The normalized spacial score (nSPS) is 17.5. The molecule has 1 saturated carbocycles. The fourth-order valence-corrected chi connectivity index (χ4v) is 2.16. The average Bonchev–Trinajstić information content (AvgIpc) is 3.03. The maximum atomic E-state index is 5.93. The predicted octanol–water partition coefficient (Wildman–Crippen LogP) is 3.25. The van der Waals surface area contributed by atoms with Crippen molar-refractivity contribution in [1.82, 2.24) is 0 Å². The number of hydrogen-bond donors (Lipinski definition) is 2. The lowest BCUT2D eigenvalue weighted by molar-refractivity contribution is 0.645. The summed E-state index contributed by atoms with van der Waals surface area (Å²) < 4.78 is 0.917. The molecule has 2 nitrogen and oxygen atoms in total. The molecule has 15 heavy (non-hydrogen) atoms. The highest BCUT2D eigenvalue weighted by molar-refractivity contribution is 9.10. The lowest BCUT2D eigenvalue weighted by Gasteiger charge is -2.17. The summed E-state index contributed by atoms with van der Waals surface area (Å²) in [6, 6.07) is 6.26. The van der Waals surface area contributed by atoms with Crippen LogP contribution in [0.4, 0.5) is 5.69 Å². The summed E-state index contributed by atoms with van der Waals surface area (Å²) in [6.07, 6.45) is 2.59. The monoisotopic (exact) mass is 288 g/mol. The molecule has 1 fully saturated rings. The van der Waals surface area contributed by atoms with Crippen molar-refractivity contribution < 1.29 is 0 Å². The first-order valence-electron chi connectivity index (χ1n) is 5.12. The fraction of sp³-hybridized carbons (Fsp3) is 0.455. The summed E-state index contributed by atoms with van der Waals surface area (Å²) in [6.45, 7) is 0.685. The van der Waals surface area contributed by atoms with E-state index in [9.17, 15) is 0 Å². The molecule has 0 bridgehead atoms. The van der Waals surface area contributed by atoms with Gasteiger partial charge in [-0.1, -0.05) is 11.6 Å². The summed E-state index contributed by atoms with van der Waals surface area (Å²) in [5.41, 5.74) is 6.81. The molecule has 82 valence electrons. The first-order chi connectivity index (χ1) is 7.20. The third-order valence-electron chi connectivity index (χ3n) is 2.72. The van der Waals surface area contributed by atoms with Crippen LogP contribution in [0.3, 0.4) is 0 Å². The zero-order valence-corrected chi connectivity index (χ0v) is 10.7. The zero-order chi connectivity index (χ0) is 10.8. The Hall–Kier alpha value is -0.250. The van der Waals surface area contributed by atoms with Crippen LogP contribution in [0.15, 0.2) is 22.7 Å². The molecular weight excluding hydrogens is 275 g/mol. The summed E-state index contributed by atoms with van der Waals surface area (Å²) in [5.74, 6) is 0.754. The third kappa shape index (κ3) is 2.86. The zero-order valence-electron chi connectivity index (χ0n) is 8.34. The second-order valence-electron chi connectivity index (χ2n) is 3.95. The molecule has 1 aromatic rings. The summed E-state index contributed by atoms with van der Waals surface area (Å²) in [5, 5.41) is 4.18. The molecule has 1 aromatic carbocycles. The Balaban J connectivity index is 2.05. The van der Waals surface area contributed by atoms with Gasteiger partial charge in [-0.05, 0) is 52.9 Å². The summed E-state index contributed by atoms with van der Waals surface area (Å²) >= 11 is 9.33. The van der Waals surface area contributed by atoms with Gasteiger partial charge >= 0.3 is 0 Å². The van der Waals surface area contributed by atoms with Crippen LogP contribution in [0.25, 0.3) is 0 Å². The van der Waals surface area contributed by atoms with Gasteiger partial charge in [0.1, 0.15) is 0 Å². The molecule has 0 aliphatic heterocycles. The standard InChI is InChI=1S/C11H14BrClN2/c12-9-5-8(3-4-10(9)13)15-11(6-14)7-1-2-7/h3-5,7,11,15H,1-2,6,14H2. The van der Waals surface area contributed by atoms with Gasteiger partial charge in [0.05, 0.1) is 5.02 Å². The van der Waals surface area contributed by atoms with Crippen molar-refractivity contribution in [2.75, 3.05) is 11.9 Å². The van der Waals surface area contributed by atoms with Crippen molar-refractivity contribution in [2.24, 2.45) is 11.7 Å². The molecule has 1 unspecified atom stereocenters. The molecule has 0 amide bonds. The molecule has 2 rings (SSSR count). The minimum absolute atomic E-state index is 0.401. The predicted molar refractivity (Wildman–Crippen MR) is 68.3 cm³/mol. The minimum Gasteiger partial charge on any atom is -0.381 e. The molecule has 1 aliphatic carbocycles. The Labute approximate surface area is 103 Å². The van der Waals surface area contributed by atoms with E-state index in [-0.39, 0.29) is 0 Å². The van der Waals surface area contributed by atoms with E-state index >= 15 is 0 Å². The van der Waals surface area contributed by atoms with Gasteiger partial charge < -0.3 is 11.1 Å². The summed E-state index contributed by atoms with van der Waals surface area (Å²) in [7, 11) is 0. The Kier molecular flexibility index (Phi) is 3.54. The topological polar surface area (TPSA) is 38.0 Å². The number of rotatable bonds is 4. The number of anilines is 1. The second-order valence-corrected chi connectivity index (χ2v) is 5.21. The number of hydrogen-bond acceptors (Lipinski definition) is 2. The largest absolute Gasteiger partial charge is 0.381 e. The van der Waals surface area contributed by atoms with E-state index in [1.165, 1.54) is 12.8 Å². The maximum Gasteiger partial charge on any atom is 0.0549 e. The molecule has 1 atom stereocenters. The van der Waals surface area contributed by atoms with Crippen LogP contribution in [-0.2, 0) is 0 Å². The van der Waals surface area contributed by atoms with Gasteiger partial charge in [0.2, 0.25) is 0 Å². The van der Waals surface area contributed by atoms with Crippen molar-refractivity contribution in [1.29, 1.82) is 0 Å². The molecule has 0 radical (unpaired) electrons. The number of benzene rings is 1. The molecule has 3 N–H and O–H groups in total. The summed E-state index contributed by atoms with van der Waals surface area (Å²) in [4.78, 5) is 0. The van der Waals surface area contributed by atoms with Gasteiger partial charge in [-0.3, -0.25) is 0 Å². The number of nitrogens with one attached hydrogen (secondary N) is 1. The van der Waals surface area contributed by atoms with E-state index in [1.807, 2.05) is 18.2 Å². The van der Waals surface area contributed by atoms with Gasteiger partial charge in [0.15, 0.2) is 0 Å². The van der Waals surface area contributed by atoms with Crippen LogP contribution in [0.2, 0.25) is 5.02 Å². The van der Waals surface area contributed by atoms with Crippen molar-refractivity contribution in [3.8, 4) is 0 Å².